The van der Waals surface area contributed by atoms with Crippen LogP contribution in [0, 0.1) is 0 Å². The van der Waals surface area contributed by atoms with Crippen LogP contribution in [0.5, 0.6) is 0 Å². The molecule has 2 rings (SSSR count). The maximum Gasteiger partial charge on any atom is 0.135 e. The smallest absolute Gasteiger partial charge is 0.135 e. The predicted molar refractivity (Wildman–Crippen MR) is 50.7 cm³/mol. The molecule has 0 spiro atoms. The number of likely N-dealkylation sites (tertiary alicyclic amines) is 1. The number of halogens is 1. The molecule has 0 amide bonds. The van der Waals surface area contributed by atoms with Crippen molar-refractivity contribution in [1.82, 2.24) is 4.90 Å². The van der Waals surface area contributed by atoms with Gasteiger partial charge in [0, 0.05) is 32.0 Å². The van der Waals surface area contributed by atoms with E-state index in [0.717, 1.165) is 32.0 Å². The molecular formula is C9H16ClNO. The molecule has 0 radical (unpaired) electrons. The summed E-state index contributed by atoms with van der Waals surface area (Å²) in [6.45, 7) is 2.06. The first-order valence-corrected chi connectivity index (χ1v) is 4.62. The zero-order valence-corrected chi connectivity index (χ0v) is 8.11. The number of carbonyl (C=O) groups excluding carboxylic acids is 1. The van der Waals surface area contributed by atoms with E-state index in [2.05, 4.69) is 4.90 Å². The lowest BCUT2D eigenvalue weighted by atomic mass is 9.90. The van der Waals surface area contributed by atoms with E-state index in [4.69, 9.17) is 0 Å². The fourth-order valence-electron chi connectivity index (χ4n) is 1.89. The maximum atomic E-state index is 10.9. The number of hydrogen-bond donors (Lipinski definition) is 0. The molecule has 1 saturated heterocycles. The molecule has 1 heterocycles. The zero-order valence-electron chi connectivity index (χ0n) is 7.29. The molecule has 1 saturated carbocycles. The van der Waals surface area contributed by atoms with Crippen LogP contribution < -0.4 is 0 Å². The number of rotatable bonds is 1. The molecule has 0 N–H and O–H groups in total. The minimum absolute atomic E-state index is 0. The molecule has 70 valence electrons. The van der Waals surface area contributed by atoms with Crippen molar-refractivity contribution in [2.45, 2.75) is 38.1 Å². The molecule has 2 aliphatic rings. The Labute approximate surface area is 79.7 Å². The van der Waals surface area contributed by atoms with Crippen LogP contribution in [0.25, 0.3) is 0 Å². The zero-order chi connectivity index (χ0) is 7.68. The van der Waals surface area contributed by atoms with Gasteiger partial charge in [-0.15, -0.1) is 12.4 Å². The lowest BCUT2D eigenvalue weighted by Gasteiger charge is -2.39. The average Bonchev–Trinajstić information content (AvgIpc) is 1.90. The molecular weight excluding hydrogens is 174 g/mol. The van der Waals surface area contributed by atoms with Crippen LogP contribution in [0.4, 0.5) is 0 Å². The number of Topliss-reactive ketones (excluding diaryl/α,β-unsaturated/α-hetero) is 1. The highest BCUT2D eigenvalue weighted by Crippen LogP contribution is 2.26. The monoisotopic (exact) mass is 189 g/mol. The van der Waals surface area contributed by atoms with Crippen LogP contribution in [0.2, 0.25) is 0 Å². The number of hydrogen-bond acceptors (Lipinski definition) is 2. The maximum absolute atomic E-state index is 10.9. The average molecular weight is 190 g/mol. The molecule has 12 heavy (non-hydrogen) atoms. The van der Waals surface area contributed by atoms with Crippen molar-refractivity contribution in [1.29, 1.82) is 0 Å². The summed E-state index contributed by atoms with van der Waals surface area (Å²) in [6, 6.07) is 0.836. The lowest BCUT2D eigenvalue weighted by molar-refractivity contribution is -0.122. The van der Waals surface area contributed by atoms with Crippen LogP contribution in [-0.2, 0) is 4.79 Å². The second-order valence-electron chi connectivity index (χ2n) is 3.66. The third kappa shape index (κ3) is 1.99. The summed E-state index contributed by atoms with van der Waals surface area (Å²) in [6.07, 6.45) is 5.74. The molecule has 0 unspecified atom stereocenters. The first-order chi connectivity index (χ1) is 5.36. The molecule has 0 atom stereocenters. The number of carbonyl (C=O) groups is 1. The Morgan fingerprint density at radius 2 is 1.75 bits per heavy atom. The quantitative estimate of drug-likeness (QED) is 0.625. The summed E-state index contributed by atoms with van der Waals surface area (Å²) in [5.74, 6) is 0.459. The fraction of sp³-hybridized carbons (Fsp3) is 0.889. The highest BCUT2D eigenvalue weighted by atomic mass is 35.5. The Kier molecular flexibility index (Phi) is 3.53. The Morgan fingerprint density at radius 3 is 2.17 bits per heavy atom. The Bertz CT molecular complexity index is 158. The van der Waals surface area contributed by atoms with Gasteiger partial charge in [0.25, 0.3) is 0 Å². The molecule has 1 aliphatic carbocycles. The third-order valence-corrected chi connectivity index (χ3v) is 2.95. The number of piperidine rings is 1. The Balaban J connectivity index is 0.000000720. The van der Waals surface area contributed by atoms with E-state index in [1.165, 1.54) is 19.3 Å². The van der Waals surface area contributed by atoms with Gasteiger partial charge in [-0.05, 0) is 12.8 Å². The van der Waals surface area contributed by atoms with Crippen LogP contribution in [0.1, 0.15) is 32.1 Å². The van der Waals surface area contributed by atoms with Gasteiger partial charge in [0.1, 0.15) is 5.78 Å². The minimum atomic E-state index is 0. The van der Waals surface area contributed by atoms with Crippen molar-refractivity contribution in [3.8, 4) is 0 Å². The fourth-order valence-corrected chi connectivity index (χ4v) is 1.89. The van der Waals surface area contributed by atoms with Crippen molar-refractivity contribution in [3.05, 3.63) is 0 Å². The van der Waals surface area contributed by atoms with Crippen molar-refractivity contribution < 1.29 is 4.79 Å². The van der Waals surface area contributed by atoms with Gasteiger partial charge in [-0.2, -0.15) is 0 Å². The van der Waals surface area contributed by atoms with E-state index in [0.29, 0.717) is 5.78 Å². The van der Waals surface area contributed by atoms with Gasteiger partial charge in [0.15, 0.2) is 0 Å². The number of nitrogens with zero attached hydrogens (tertiary/aromatic N) is 1. The summed E-state index contributed by atoms with van der Waals surface area (Å²) in [7, 11) is 0. The Morgan fingerprint density at radius 1 is 1.17 bits per heavy atom. The van der Waals surface area contributed by atoms with E-state index >= 15 is 0 Å². The van der Waals surface area contributed by atoms with E-state index in [1.807, 2.05) is 0 Å². The van der Waals surface area contributed by atoms with Gasteiger partial charge >= 0.3 is 0 Å². The van der Waals surface area contributed by atoms with E-state index in [9.17, 15) is 4.79 Å². The summed E-state index contributed by atoms with van der Waals surface area (Å²) < 4.78 is 0. The summed E-state index contributed by atoms with van der Waals surface area (Å²) >= 11 is 0. The molecule has 2 nitrogen and oxygen atoms in total. The predicted octanol–water partition coefficient (Wildman–Crippen LogP) is 1.63. The molecule has 0 bridgehead atoms. The van der Waals surface area contributed by atoms with Gasteiger partial charge in [-0.1, -0.05) is 6.42 Å². The van der Waals surface area contributed by atoms with Crippen LogP contribution in [-0.4, -0.2) is 29.8 Å². The minimum Gasteiger partial charge on any atom is -0.300 e. The second kappa shape index (κ2) is 4.24. The summed E-state index contributed by atoms with van der Waals surface area (Å²) in [4.78, 5) is 13.4. The van der Waals surface area contributed by atoms with E-state index < -0.39 is 0 Å². The van der Waals surface area contributed by atoms with E-state index in [1.54, 1.807) is 0 Å². The highest BCUT2D eigenvalue weighted by Gasteiger charge is 2.27. The largest absolute Gasteiger partial charge is 0.300 e. The molecule has 0 aromatic heterocycles. The van der Waals surface area contributed by atoms with Crippen LogP contribution in [0.15, 0.2) is 0 Å². The molecule has 0 aromatic carbocycles. The standard InChI is InChI=1S/C9H15NO.ClH/c11-9-4-6-10(7-5-9)8-2-1-3-8;/h8H,1-7H2;1H. The first-order valence-electron chi connectivity index (χ1n) is 4.62. The first kappa shape index (κ1) is 10.0. The summed E-state index contributed by atoms with van der Waals surface area (Å²) in [5, 5.41) is 0. The normalized spacial score (nSPS) is 26.2. The molecule has 1 aliphatic heterocycles. The van der Waals surface area contributed by atoms with Crippen molar-refractivity contribution in [2.75, 3.05) is 13.1 Å². The molecule has 3 heteroatoms. The van der Waals surface area contributed by atoms with Gasteiger partial charge in [0.2, 0.25) is 0 Å². The van der Waals surface area contributed by atoms with Crippen LogP contribution in [0.3, 0.4) is 0 Å². The lowest BCUT2D eigenvalue weighted by Crippen LogP contribution is -2.44. The highest BCUT2D eigenvalue weighted by molar-refractivity contribution is 5.85. The molecule has 2 fully saturated rings. The molecule has 0 aromatic rings. The van der Waals surface area contributed by atoms with Crippen LogP contribution >= 0.6 is 12.4 Å². The van der Waals surface area contributed by atoms with Crippen molar-refractivity contribution >= 4 is 18.2 Å². The van der Waals surface area contributed by atoms with Crippen molar-refractivity contribution in [2.24, 2.45) is 0 Å². The van der Waals surface area contributed by atoms with E-state index in [-0.39, 0.29) is 12.4 Å². The Hall–Kier alpha value is -0.0800. The summed E-state index contributed by atoms with van der Waals surface area (Å²) in [5.41, 5.74) is 0. The van der Waals surface area contributed by atoms with Crippen molar-refractivity contribution in [3.63, 3.8) is 0 Å². The number of ketones is 1. The second-order valence-corrected chi connectivity index (χ2v) is 3.66. The SMILES string of the molecule is Cl.O=C1CCN(C2CCC2)CC1. The topological polar surface area (TPSA) is 20.3 Å². The van der Waals surface area contributed by atoms with Gasteiger partial charge in [0.05, 0.1) is 0 Å². The third-order valence-electron chi connectivity index (χ3n) is 2.95. The van der Waals surface area contributed by atoms with Gasteiger partial charge in [-0.25, -0.2) is 0 Å². The van der Waals surface area contributed by atoms with Gasteiger partial charge in [-0.3, -0.25) is 9.69 Å². The van der Waals surface area contributed by atoms with Gasteiger partial charge < -0.3 is 0 Å².